The first-order valence-corrected chi connectivity index (χ1v) is 12.4. The van der Waals surface area contributed by atoms with Crippen molar-refractivity contribution in [3.63, 3.8) is 0 Å². The Morgan fingerprint density at radius 3 is 2.67 bits per heavy atom. The van der Waals surface area contributed by atoms with Crippen LogP contribution in [0.2, 0.25) is 5.02 Å². The van der Waals surface area contributed by atoms with Crippen molar-refractivity contribution in [3.8, 4) is 0 Å². The number of rotatable bonds is 8. The number of hydrogen-bond acceptors (Lipinski definition) is 3. The molecule has 2 aromatic rings. The minimum absolute atomic E-state index is 0.0503. The molecule has 1 saturated heterocycles. The highest BCUT2D eigenvalue weighted by Gasteiger charge is 2.32. The molecule has 1 heterocycles. The number of nitrogens with zero attached hydrogens (tertiary/aromatic N) is 1. The number of halogens is 1. The third kappa shape index (κ3) is 6.56. The Morgan fingerprint density at radius 2 is 1.93 bits per heavy atom. The molecule has 0 bridgehead atoms. The largest absolute Gasteiger partial charge is 0.356 e. The average molecular weight is 449 g/mol. The fraction of sp³-hybridized carbons (Fsp3) is 0.435. The number of nitrogens with one attached hydrogen (secondary N) is 1. The second-order valence-corrected chi connectivity index (χ2v) is 10.4. The van der Waals surface area contributed by atoms with Crippen LogP contribution < -0.4 is 5.32 Å². The quantitative estimate of drug-likeness (QED) is 0.622. The van der Waals surface area contributed by atoms with E-state index in [9.17, 15) is 13.2 Å². The summed E-state index contributed by atoms with van der Waals surface area (Å²) in [6.07, 6.45) is 3.19. The Labute approximate surface area is 184 Å². The molecule has 1 amide bonds. The fourth-order valence-electron chi connectivity index (χ4n) is 3.81. The Hall–Kier alpha value is -1.89. The second kappa shape index (κ2) is 10.4. The van der Waals surface area contributed by atoms with Crippen LogP contribution in [-0.2, 0) is 27.0 Å². The number of amides is 1. The van der Waals surface area contributed by atoms with Crippen LogP contribution in [0.15, 0.2) is 48.5 Å². The van der Waals surface area contributed by atoms with Crippen LogP contribution in [0, 0.1) is 12.8 Å². The summed E-state index contributed by atoms with van der Waals surface area (Å²) in [5.41, 5.74) is 3.20. The van der Waals surface area contributed by atoms with Gasteiger partial charge in [-0.1, -0.05) is 53.6 Å². The van der Waals surface area contributed by atoms with Gasteiger partial charge < -0.3 is 5.32 Å². The van der Waals surface area contributed by atoms with E-state index in [4.69, 9.17) is 11.6 Å². The maximum absolute atomic E-state index is 12.8. The summed E-state index contributed by atoms with van der Waals surface area (Å²) in [4.78, 5) is 12.6. The molecular weight excluding hydrogens is 420 g/mol. The highest BCUT2D eigenvalue weighted by atomic mass is 35.5. The molecule has 1 fully saturated rings. The van der Waals surface area contributed by atoms with Gasteiger partial charge in [0.05, 0.1) is 11.7 Å². The van der Waals surface area contributed by atoms with Crippen molar-refractivity contribution in [2.75, 3.05) is 19.6 Å². The molecule has 3 rings (SSSR count). The number of aryl methyl sites for hydroxylation is 2. The minimum atomic E-state index is -3.47. The van der Waals surface area contributed by atoms with E-state index < -0.39 is 10.0 Å². The van der Waals surface area contributed by atoms with E-state index in [1.165, 1.54) is 15.4 Å². The monoisotopic (exact) mass is 448 g/mol. The molecule has 1 aliphatic heterocycles. The smallest absolute Gasteiger partial charge is 0.224 e. The zero-order chi connectivity index (χ0) is 21.6. The van der Waals surface area contributed by atoms with Gasteiger partial charge in [0.15, 0.2) is 0 Å². The summed E-state index contributed by atoms with van der Waals surface area (Å²) in [6.45, 7) is 3.38. The van der Waals surface area contributed by atoms with Crippen molar-refractivity contribution in [3.05, 3.63) is 70.2 Å². The third-order valence-corrected chi connectivity index (χ3v) is 7.50. The summed E-state index contributed by atoms with van der Waals surface area (Å²) >= 11 is 5.88. The van der Waals surface area contributed by atoms with Gasteiger partial charge in [-0.3, -0.25) is 4.79 Å². The number of sulfonamides is 1. The van der Waals surface area contributed by atoms with Crippen molar-refractivity contribution < 1.29 is 13.2 Å². The first-order chi connectivity index (χ1) is 14.3. The van der Waals surface area contributed by atoms with Crippen LogP contribution in [0.1, 0.15) is 36.0 Å². The molecule has 0 radical (unpaired) electrons. The van der Waals surface area contributed by atoms with Gasteiger partial charge in [0.25, 0.3) is 0 Å². The molecule has 0 unspecified atom stereocenters. The number of benzene rings is 2. The number of piperidine rings is 1. The van der Waals surface area contributed by atoms with E-state index in [0.29, 0.717) is 30.1 Å². The number of carbonyl (C=O) groups excluding carboxylic acids is 1. The molecule has 0 aromatic heterocycles. The highest BCUT2D eigenvalue weighted by Crippen LogP contribution is 2.22. The van der Waals surface area contributed by atoms with E-state index in [2.05, 4.69) is 30.4 Å². The van der Waals surface area contributed by atoms with Gasteiger partial charge in [0.1, 0.15) is 0 Å². The van der Waals surface area contributed by atoms with E-state index >= 15 is 0 Å². The zero-order valence-electron chi connectivity index (χ0n) is 17.3. The zero-order valence-corrected chi connectivity index (χ0v) is 18.9. The lowest BCUT2D eigenvalue weighted by Crippen LogP contribution is -2.45. The topological polar surface area (TPSA) is 66.5 Å². The van der Waals surface area contributed by atoms with Gasteiger partial charge in [-0.05, 0) is 55.9 Å². The fourth-order valence-corrected chi connectivity index (χ4v) is 5.54. The molecule has 0 aliphatic carbocycles. The minimum Gasteiger partial charge on any atom is -0.356 e. The molecule has 5 nitrogen and oxygen atoms in total. The first kappa shape index (κ1) is 22.8. The lowest BCUT2D eigenvalue weighted by molar-refractivity contribution is -0.126. The van der Waals surface area contributed by atoms with Crippen LogP contribution in [0.4, 0.5) is 0 Å². The molecule has 0 spiro atoms. The van der Waals surface area contributed by atoms with Crippen LogP contribution >= 0.6 is 11.6 Å². The normalized spacial score (nSPS) is 17.6. The van der Waals surface area contributed by atoms with Crippen LogP contribution in [0.3, 0.4) is 0 Å². The molecule has 7 heteroatoms. The van der Waals surface area contributed by atoms with E-state index in [-0.39, 0.29) is 24.1 Å². The highest BCUT2D eigenvalue weighted by molar-refractivity contribution is 7.88. The molecule has 0 saturated carbocycles. The van der Waals surface area contributed by atoms with Gasteiger partial charge in [-0.2, -0.15) is 0 Å². The number of carbonyl (C=O) groups is 1. The predicted octanol–water partition coefficient (Wildman–Crippen LogP) is 3.94. The van der Waals surface area contributed by atoms with E-state index in [0.717, 1.165) is 19.3 Å². The number of hydrogen-bond donors (Lipinski definition) is 1. The molecule has 1 N–H and O–H groups in total. The lowest BCUT2D eigenvalue weighted by atomic mass is 9.98. The third-order valence-electron chi connectivity index (χ3n) is 5.43. The van der Waals surface area contributed by atoms with E-state index in [1.807, 2.05) is 6.07 Å². The Balaban J connectivity index is 1.48. The molecular formula is C23H29ClN2O3S. The summed E-state index contributed by atoms with van der Waals surface area (Å²) in [7, 11) is -3.47. The maximum Gasteiger partial charge on any atom is 0.224 e. The maximum atomic E-state index is 12.8. The van der Waals surface area contributed by atoms with Gasteiger partial charge in [-0.15, -0.1) is 0 Å². The molecule has 1 aliphatic rings. The molecule has 162 valence electrons. The SMILES string of the molecule is Cc1cccc(CCCNC(=O)[C@@H]2CCCN(S(=O)(=O)Cc3ccc(Cl)cc3)C2)c1. The van der Waals surface area contributed by atoms with Crippen molar-refractivity contribution in [1.82, 2.24) is 9.62 Å². The van der Waals surface area contributed by atoms with Crippen LogP contribution in [0.25, 0.3) is 0 Å². The molecule has 30 heavy (non-hydrogen) atoms. The van der Waals surface area contributed by atoms with Gasteiger partial charge in [-0.25, -0.2) is 12.7 Å². The lowest BCUT2D eigenvalue weighted by Gasteiger charge is -2.31. The Morgan fingerprint density at radius 1 is 1.17 bits per heavy atom. The van der Waals surface area contributed by atoms with Crippen molar-refractivity contribution >= 4 is 27.5 Å². The van der Waals surface area contributed by atoms with Crippen molar-refractivity contribution in [1.29, 1.82) is 0 Å². The predicted molar refractivity (Wildman–Crippen MR) is 121 cm³/mol. The van der Waals surface area contributed by atoms with Crippen LogP contribution in [-0.4, -0.2) is 38.3 Å². The van der Waals surface area contributed by atoms with Crippen LogP contribution in [0.5, 0.6) is 0 Å². The summed E-state index contributed by atoms with van der Waals surface area (Å²) in [6, 6.07) is 15.2. The standard InChI is InChI=1S/C23H29ClN2O3S/c1-18-5-2-6-19(15-18)7-3-13-25-23(27)21-8-4-14-26(16-21)30(28,29)17-20-9-11-22(24)12-10-20/h2,5-6,9-12,15,21H,3-4,7-8,13-14,16-17H2,1H3,(H,25,27)/t21-/m1/s1. The Kier molecular flexibility index (Phi) is 7.92. The second-order valence-electron chi connectivity index (χ2n) is 7.96. The molecule has 1 atom stereocenters. The molecule has 2 aromatic carbocycles. The van der Waals surface area contributed by atoms with E-state index in [1.54, 1.807) is 24.3 Å². The van der Waals surface area contributed by atoms with Gasteiger partial charge in [0.2, 0.25) is 15.9 Å². The summed E-state index contributed by atoms with van der Waals surface area (Å²) < 4.78 is 27.1. The summed E-state index contributed by atoms with van der Waals surface area (Å²) in [5, 5.41) is 3.57. The Bertz CT molecular complexity index is 961. The van der Waals surface area contributed by atoms with Crippen molar-refractivity contribution in [2.45, 2.75) is 38.4 Å². The van der Waals surface area contributed by atoms with Crippen molar-refractivity contribution in [2.24, 2.45) is 5.92 Å². The van der Waals surface area contributed by atoms with Gasteiger partial charge >= 0.3 is 0 Å². The average Bonchev–Trinajstić information content (AvgIpc) is 2.73. The summed E-state index contributed by atoms with van der Waals surface area (Å²) in [5.74, 6) is -0.419. The first-order valence-electron chi connectivity index (χ1n) is 10.4. The van der Waals surface area contributed by atoms with Gasteiger partial charge in [0, 0.05) is 24.7 Å².